The van der Waals surface area contributed by atoms with Crippen LogP contribution < -0.4 is 4.74 Å². The Morgan fingerprint density at radius 3 is 2.70 bits per heavy atom. The molecule has 2 aromatic carbocycles. The van der Waals surface area contributed by atoms with Crippen LogP contribution in [0.25, 0.3) is 11.3 Å². The molecule has 6 heteroatoms. The monoisotopic (exact) mass is 367 g/mol. The summed E-state index contributed by atoms with van der Waals surface area (Å²) in [6.45, 7) is 2.80. The van der Waals surface area contributed by atoms with Crippen molar-refractivity contribution in [2.75, 3.05) is 26.9 Å². The number of H-pyrrole nitrogens is 1. The lowest BCUT2D eigenvalue weighted by Crippen LogP contribution is -2.39. The average molecular weight is 367 g/mol. The number of methoxy groups -OCH3 is 1. The third kappa shape index (κ3) is 4.02. The van der Waals surface area contributed by atoms with E-state index < -0.39 is 0 Å². The van der Waals surface area contributed by atoms with Crippen LogP contribution in [0.1, 0.15) is 17.4 Å². The molecule has 0 bridgehead atoms. The lowest BCUT2D eigenvalue weighted by Gasteiger charge is -2.34. The first-order chi connectivity index (χ1) is 13.2. The second-order valence-corrected chi connectivity index (χ2v) is 6.60. The number of aromatic nitrogens is 2. The standard InChI is InChI=1S/C21H22FN3O2/c1-26-18-8-4-16(5-9-18)19-12-23-21(24-19)20-14-27-11-10-25(20)13-15-2-6-17(22)7-3-15/h2-9,12,20H,10-11,13-14H2,1H3,(H,23,24). The van der Waals surface area contributed by atoms with Gasteiger partial charge in [-0.15, -0.1) is 0 Å². The van der Waals surface area contributed by atoms with Crippen molar-refractivity contribution < 1.29 is 13.9 Å². The molecule has 3 aromatic rings. The van der Waals surface area contributed by atoms with Gasteiger partial charge in [-0.3, -0.25) is 4.90 Å². The number of morpholine rings is 1. The van der Waals surface area contributed by atoms with Gasteiger partial charge >= 0.3 is 0 Å². The molecule has 5 nitrogen and oxygen atoms in total. The maximum absolute atomic E-state index is 13.2. The highest BCUT2D eigenvalue weighted by molar-refractivity contribution is 5.59. The van der Waals surface area contributed by atoms with E-state index in [0.29, 0.717) is 13.2 Å². The number of nitrogens with zero attached hydrogens (tertiary/aromatic N) is 2. The molecular weight excluding hydrogens is 345 g/mol. The molecule has 0 radical (unpaired) electrons. The van der Waals surface area contributed by atoms with E-state index in [-0.39, 0.29) is 11.9 Å². The van der Waals surface area contributed by atoms with Crippen molar-refractivity contribution in [2.45, 2.75) is 12.6 Å². The Bertz CT molecular complexity index is 877. The van der Waals surface area contributed by atoms with Crippen LogP contribution in [0.5, 0.6) is 5.75 Å². The van der Waals surface area contributed by atoms with Gasteiger partial charge < -0.3 is 14.5 Å². The molecule has 1 aromatic heterocycles. The number of hydrogen-bond donors (Lipinski definition) is 1. The molecule has 1 atom stereocenters. The Balaban J connectivity index is 1.53. The summed E-state index contributed by atoms with van der Waals surface area (Å²) in [5.74, 6) is 1.49. The minimum absolute atomic E-state index is 0.0378. The Labute approximate surface area is 157 Å². The van der Waals surface area contributed by atoms with E-state index in [1.165, 1.54) is 12.1 Å². The SMILES string of the molecule is COc1ccc(-c2cnc(C3COCCN3Cc3ccc(F)cc3)[nH]2)cc1. The molecule has 1 unspecified atom stereocenters. The number of rotatable bonds is 5. The summed E-state index contributed by atoms with van der Waals surface area (Å²) in [5.41, 5.74) is 3.08. The van der Waals surface area contributed by atoms with E-state index in [2.05, 4.69) is 14.9 Å². The van der Waals surface area contributed by atoms with Gasteiger partial charge in [0.25, 0.3) is 0 Å². The third-order valence-electron chi connectivity index (χ3n) is 4.85. The molecule has 1 saturated heterocycles. The quantitative estimate of drug-likeness (QED) is 0.745. The minimum atomic E-state index is -0.215. The van der Waals surface area contributed by atoms with E-state index in [9.17, 15) is 4.39 Å². The highest BCUT2D eigenvalue weighted by Gasteiger charge is 2.27. The molecule has 1 aliphatic heterocycles. The maximum atomic E-state index is 13.2. The number of ether oxygens (including phenoxy) is 2. The molecule has 1 N–H and O–H groups in total. The summed E-state index contributed by atoms with van der Waals surface area (Å²) in [4.78, 5) is 10.3. The molecule has 0 spiro atoms. The minimum Gasteiger partial charge on any atom is -0.497 e. The van der Waals surface area contributed by atoms with Crippen LogP contribution in [0.2, 0.25) is 0 Å². The molecule has 0 amide bonds. The largest absolute Gasteiger partial charge is 0.497 e. The number of hydrogen-bond acceptors (Lipinski definition) is 4. The van der Waals surface area contributed by atoms with Crippen molar-refractivity contribution in [3.05, 3.63) is 71.9 Å². The van der Waals surface area contributed by atoms with Gasteiger partial charge in [0.05, 0.1) is 38.3 Å². The lowest BCUT2D eigenvalue weighted by atomic mass is 10.1. The zero-order chi connectivity index (χ0) is 18.6. The normalized spacial score (nSPS) is 17.8. The fourth-order valence-electron chi connectivity index (χ4n) is 3.33. The molecule has 27 heavy (non-hydrogen) atoms. The van der Waals surface area contributed by atoms with Gasteiger partial charge in [0.1, 0.15) is 17.4 Å². The zero-order valence-corrected chi connectivity index (χ0v) is 15.2. The maximum Gasteiger partial charge on any atom is 0.126 e. The van der Waals surface area contributed by atoms with E-state index in [0.717, 1.165) is 41.5 Å². The van der Waals surface area contributed by atoms with Gasteiger partial charge in [-0.05, 0) is 47.5 Å². The second-order valence-electron chi connectivity index (χ2n) is 6.60. The van der Waals surface area contributed by atoms with Gasteiger partial charge in [-0.2, -0.15) is 0 Å². The first-order valence-corrected chi connectivity index (χ1v) is 8.98. The summed E-state index contributed by atoms with van der Waals surface area (Å²) < 4.78 is 24.1. The lowest BCUT2D eigenvalue weighted by molar-refractivity contribution is -0.0156. The molecular formula is C21H22FN3O2. The van der Waals surface area contributed by atoms with Gasteiger partial charge in [0, 0.05) is 13.1 Å². The molecule has 1 fully saturated rings. The van der Waals surface area contributed by atoms with E-state index in [1.807, 2.05) is 42.6 Å². The molecule has 2 heterocycles. The fraction of sp³-hybridized carbons (Fsp3) is 0.286. The van der Waals surface area contributed by atoms with Crippen molar-refractivity contribution in [3.8, 4) is 17.0 Å². The van der Waals surface area contributed by atoms with Gasteiger partial charge in [-0.25, -0.2) is 9.37 Å². The van der Waals surface area contributed by atoms with E-state index >= 15 is 0 Å². The predicted octanol–water partition coefficient (Wildman–Crippen LogP) is 3.80. The van der Waals surface area contributed by atoms with Gasteiger partial charge in [0.2, 0.25) is 0 Å². The Hall–Kier alpha value is -2.70. The zero-order valence-electron chi connectivity index (χ0n) is 15.2. The van der Waals surface area contributed by atoms with Crippen LogP contribution in [-0.2, 0) is 11.3 Å². The van der Waals surface area contributed by atoms with E-state index in [4.69, 9.17) is 9.47 Å². The van der Waals surface area contributed by atoms with Gasteiger partial charge in [-0.1, -0.05) is 12.1 Å². The molecule has 1 aliphatic rings. The van der Waals surface area contributed by atoms with Crippen LogP contribution in [0, 0.1) is 5.82 Å². The molecule has 4 rings (SSSR count). The number of benzene rings is 2. The van der Waals surface area contributed by atoms with Crippen molar-refractivity contribution in [2.24, 2.45) is 0 Å². The van der Waals surface area contributed by atoms with Crippen LogP contribution in [0.4, 0.5) is 4.39 Å². The molecule has 140 valence electrons. The van der Waals surface area contributed by atoms with Crippen LogP contribution in [0.15, 0.2) is 54.7 Å². The first-order valence-electron chi connectivity index (χ1n) is 8.98. The Morgan fingerprint density at radius 2 is 1.96 bits per heavy atom. The van der Waals surface area contributed by atoms with Crippen molar-refractivity contribution in [1.82, 2.24) is 14.9 Å². The van der Waals surface area contributed by atoms with E-state index in [1.54, 1.807) is 7.11 Å². The summed E-state index contributed by atoms with van der Waals surface area (Å²) in [6.07, 6.45) is 1.85. The Kier molecular flexibility index (Phi) is 5.18. The number of nitrogens with one attached hydrogen (secondary N) is 1. The summed E-state index contributed by atoms with van der Waals surface area (Å²) in [7, 11) is 1.65. The average Bonchev–Trinajstić information content (AvgIpc) is 3.20. The first kappa shape index (κ1) is 17.7. The van der Waals surface area contributed by atoms with Crippen molar-refractivity contribution in [1.29, 1.82) is 0 Å². The predicted molar refractivity (Wildman–Crippen MR) is 101 cm³/mol. The van der Waals surface area contributed by atoms with Crippen LogP contribution in [0.3, 0.4) is 0 Å². The summed E-state index contributed by atoms with van der Waals surface area (Å²) in [6, 6.07) is 14.6. The molecule has 0 aliphatic carbocycles. The summed E-state index contributed by atoms with van der Waals surface area (Å²) in [5, 5.41) is 0. The number of halogens is 1. The van der Waals surface area contributed by atoms with Crippen LogP contribution in [-0.4, -0.2) is 41.7 Å². The highest BCUT2D eigenvalue weighted by Crippen LogP contribution is 2.27. The highest BCUT2D eigenvalue weighted by atomic mass is 19.1. The smallest absolute Gasteiger partial charge is 0.126 e. The number of aromatic amines is 1. The molecule has 0 saturated carbocycles. The topological polar surface area (TPSA) is 50.4 Å². The summed E-state index contributed by atoms with van der Waals surface area (Å²) >= 11 is 0. The van der Waals surface area contributed by atoms with Crippen molar-refractivity contribution >= 4 is 0 Å². The second kappa shape index (κ2) is 7.90. The third-order valence-corrected chi connectivity index (χ3v) is 4.85. The fourth-order valence-corrected chi connectivity index (χ4v) is 3.33. The van der Waals surface area contributed by atoms with Gasteiger partial charge in [0.15, 0.2) is 0 Å². The van der Waals surface area contributed by atoms with Crippen molar-refractivity contribution in [3.63, 3.8) is 0 Å². The Morgan fingerprint density at radius 1 is 1.19 bits per heavy atom. The van der Waals surface area contributed by atoms with Crippen LogP contribution >= 0.6 is 0 Å². The number of imidazole rings is 1.